The fourth-order valence-electron chi connectivity index (χ4n) is 4.54. The molecule has 2 heterocycles. The number of hydrogen-bond acceptors (Lipinski definition) is 5. The van der Waals surface area contributed by atoms with E-state index in [1.54, 1.807) is 6.92 Å². The Balaban J connectivity index is 1.74. The number of aromatic nitrogens is 1. The predicted molar refractivity (Wildman–Crippen MR) is 125 cm³/mol. The summed E-state index contributed by atoms with van der Waals surface area (Å²) in [5.74, 6) is -0.275. The number of rotatable bonds is 5. The summed E-state index contributed by atoms with van der Waals surface area (Å²) in [4.78, 5) is 33.8. The quantitative estimate of drug-likeness (QED) is 0.569. The number of piperidine rings is 1. The molecule has 0 N–H and O–H groups in total. The molecule has 0 bridgehead atoms. The van der Waals surface area contributed by atoms with Crippen molar-refractivity contribution >= 4 is 22.8 Å². The number of carbonyl (C=O) groups excluding carboxylic acids is 2. The SMILES string of the molecule is COC(=O)c1c(CN2CCC(N(C)C(C)=O)CC2)nc2ccccc2c1-c1ccccc1. The standard InChI is InChI=1S/C26H29N3O3/c1-18(30)28(2)20-13-15-29(16-14-20)17-23-25(26(31)32-3)24(19-9-5-4-6-10-19)21-11-7-8-12-22(21)27-23/h4-12,20H,13-17H2,1-3H3. The van der Waals surface area contributed by atoms with Crippen LogP contribution in [0.1, 0.15) is 35.8 Å². The van der Waals surface area contributed by atoms with Gasteiger partial charge in [-0.15, -0.1) is 0 Å². The van der Waals surface area contributed by atoms with Gasteiger partial charge in [0, 0.05) is 50.6 Å². The average Bonchev–Trinajstić information content (AvgIpc) is 2.83. The first-order chi connectivity index (χ1) is 15.5. The number of fused-ring (bicyclic) bond motifs is 1. The molecule has 1 fully saturated rings. The van der Waals surface area contributed by atoms with Gasteiger partial charge in [0.25, 0.3) is 0 Å². The van der Waals surface area contributed by atoms with Crippen molar-refractivity contribution in [3.8, 4) is 11.1 Å². The first-order valence-corrected chi connectivity index (χ1v) is 11.0. The molecule has 166 valence electrons. The summed E-state index contributed by atoms with van der Waals surface area (Å²) < 4.78 is 5.21. The van der Waals surface area contributed by atoms with Crippen molar-refractivity contribution < 1.29 is 14.3 Å². The Morgan fingerprint density at radius 3 is 2.38 bits per heavy atom. The molecule has 0 unspecified atom stereocenters. The molecule has 2 aromatic carbocycles. The Kier molecular flexibility index (Phi) is 6.51. The largest absolute Gasteiger partial charge is 0.465 e. The molecule has 0 spiro atoms. The number of para-hydroxylation sites is 1. The molecule has 0 radical (unpaired) electrons. The molecule has 6 heteroatoms. The molecule has 1 aliphatic rings. The van der Waals surface area contributed by atoms with Crippen LogP contribution in [-0.2, 0) is 16.1 Å². The van der Waals surface area contributed by atoms with E-state index in [0.717, 1.165) is 53.7 Å². The number of pyridine rings is 1. The first-order valence-electron chi connectivity index (χ1n) is 11.0. The first kappa shape index (κ1) is 22.0. The number of benzene rings is 2. The van der Waals surface area contributed by atoms with E-state index in [1.165, 1.54) is 7.11 Å². The number of hydrogen-bond donors (Lipinski definition) is 0. The number of likely N-dealkylation sites (tertiary alicyclic amines) is 1. The highest BCUT2D eigenvalue weighted by Gasteiger charge is 2.27. The second-order valence-corrected chi connectivity index (χ2v) is 8.32. The van der Waals surface area contributed by atoms with Crippen LogP contribution >= 0.6 is 0 Å². The maximum Gasteiger partial charge on any atom is 0.340 e. The lowest BCUT2D eigenvalue weighted by Crippen LogP contribution is -2.44. The highest BCUT2D eigenvalue weighted by molar-refractivity contribution is 6.07. The van der Waals surface area contributed by atoms with E-state index in [1.807, 2.05) is 66.5 Å². The predicted octanol–water partition coefficient (Wildman–Crippen LogP) is 4.13. The highest BCUT2D eigenvalue weighted by Crippen LogP contribution is 2.34. The van der Waals surface area contributed by atoms with Crippen LogP contribution in [0.2, 0.25) is 0 Å². The lowest BCUT2D eigenvalue weighted by molar-refractivity contribution is -0.130. The Bertz CT molecular complexity index is 1120. The Labute approximate surface area is 188 Å². The van der Waals surface area contributed by atoms with E-state index in [-0.39, 0.29) is 17.9 Å². The van der Waals surface area contributed by atoms with Gasteiger partial charge in [-0.1, -0.05) is 48.5 Å². The molecule has 0 atom stereocenters. The zero-order chi connectivity index (χ0) is 22.7. The second kappa shape index (κ2) is 9.49. The fourth-order valence-corrected chi connectivity index (χ4v) is 4.54. The van der Waals surface area contributed by atoms with Gasteiger partial charge in [0.2, 0.25) is 5.91 Å². The van der Waals surface area contributed by atoms with Crippen LogP contribution in [-0.4, -0.2) is 59.9 Å². The van der Waals surface area contributed by atoms with Gasteiger partial charge in [-0.3, -0.25) is 14.7 Å². The Morgan fingerprint density at radius 1 is 1.06 bits per heavy atom. The van der Waals surface area contributed by atoms with Crippen molar-refractivity contribution in [2.24, 2.45) is 0 Å². The molecule has 0 aliphatic carbocycles. The summed E-state index contributed by atoms with van der Waals surface area (Å²) >= 11 is 0. The molecule has 1 saturated heterocycles. The minimum atomic E-state index is -0.372. The van der Waals surface area contributed by atoms with Gasteiger partial charge in [-0.25, -0.2) is 4.79 Å². The molecule has 3 aromatic rings. The smallest absolute Gasteiger partial charge is 0.340 e. The lowest BCUT2D eigenvalue weighted by Gasteiger charge is -2.36. The maximum atomic E-state index is 13.0. The molecular weight excluding hydrogens is 402 g/mol. The van der Waals surface area contributed by atoms with E-state index in [9.17, 15) is 9.59 Å². The monoisotopic (exact) mass is 431 g/mol. The van der Waals surface area contributed by atoms with Crippen LogP contribution < -0.4 is 0 Å². The molecule has 1 aliphatic heterocycles. The van der Waals surface area contributed by atoms with E-state index < -0.39 is 0 Å². The summed E-state index contributed by atoms with van der Waals surface area (Å²) in [7, 11) is 3.29. The Hall–Kier alpha value is -3.25. The summed E-state index contributed by atoms with van der Waals surface area (Å²) in [6.07, 6.45) is 1.81. The van der Waals surface area contributed by atoms with Crippen LogP contribution in [0.15, 0.2) is 54.6 Å². The molecule has 0 saturated carbocycles. The number of nitrogens with zero attached hydrogens (tertiary/aromatic N) is 3. The number of methoxy groups -OCH3 is 1. The highest BCUT2D eigenvalue weighted by atomic mass is 16.5. The van der Waals surface area contributed by atoms with Gasteiger partial charge in [-0.2, -0.15) is 0 Å². The van der Waals surface area contributed by atoms with Gasteiger partial charge in [0.1, 0.15) is 0 Å². The number of ether oxygens (including phenoxy) is 1. The third-order valence-electron chi connectivity index (χ3n) is 6.39. The van der Waals surface area contributed by atoms with Crippen molar-refractivity contribution in [2.45, 2.75) is 32.4 Å². The summed E-state index contributed by atoms with van der Waals surface area (Å²) in [5.41, 5.74) is 3.95. The topological polar surface area (TPSA) is 62.7 Å². The van der Waals surface area contributed by atoms with Crippen molar-refractivity contribution in [3.05, 3.63) is 65.9 Å². The zero-order valence-corrected chi connectivity index (χ0v) is 18.9. The van der Waals surface area contributed by atoms with Gasteiger partial charge in [0.15, 0.2) is 0 Å². The Morgan fingerprint density at radius 2 is 1.72 bits per heavy atom. The number of amides is 1. The average molecular weight is 432 g/mol. The van der Waals surface area contributed by atoms with E-state index in [0.29, 0.717) is 12.1 Å². The summed E-state index contributed by atoms with van der Waals surface area (Å²) in [6, 6.07) is 18.1. The van der Waals surface area contributed by atoms with Crippen molar-refractivity contribution in [3.63, 3.8) is 0 Å². The van der Waals surface area contributed by atoms with E-state index in [2.05, 4.69) is 4.90 Å². The van der Waals surface area contributed by atoms with Crippen molar-refractivity contribution in [1.82, 2.24) is 14.8 Å². The van der Waals surface area contributed by atoms with Gasteiger partial charge < -0.3 is 9.64 Å². The molecule has 4 rings (SSSR count). The third-order valence-corrected chi connectivity index (χ3v) is 6.39. The van der Waals surface area contributed by atoms with E-state index in [4.69, 9.17) is 9.72 Å². The normalized spacial score (nSPS) is 15.0. The number of esters is 1. The van der Waals surface area contributed by atoms with Crippen LogP contribution in [0.4, 0.5) is 0 Å². The molecule has 1 aromatic heterocycles. The number of carbonyl (C=O) groups is 2. The van der Waals surface area contributed by atoms with Crippen LogP contribution in [0.3, 0.4) is 0 Å². The fraction of sp³-hybridized carbons (Fsp3) is 0.346. The van der Waals surface area contributed by atoms with Crippen LogP contribution in [0.25, 0.3) is 22.0 Å². The molecule has 32 heavy (non-hydrogen) atoms. The lowest BCUT2D eigenvalue weighted by atomic mass is 9.93. The minimum absolute atomic E-state index is 0.0973. The van der Waals surface area contributed by atoms with E-state index >= 15 is 0 Å². The second-order valence-electron chi connectivity index (χ2n) is 8.32. The van der Waals surface area contributed by atoms with Gasteiger partial charge in [0.05, 0.1) is 23.9 Å². The van der Waals surface area contributed by atoms with Crippen LogP contribution in [0.5, 0.6) is 0 Å². The molecular formula is C26H29N3O3. The van der Waals surface area contributed by atoms with Crippen LogP contribution in [0, 0.1) is 0 Å². The third kappa shape index (κ3) is 4.36. The van der Waals surface area contributed by atoms with Gasteiger partial charge >= 0.3 is 5.97 Å². The molecule has 6 nitrogen and oxygen atoms in total. The minimum Gasteiger partial charge on any atom is -0.465 e. The summed E-state index contributed by atoms with van der Waals surface area (Å²) in [5, 5.41) is 0.935. The zero-order valence-electron chi connectivity index (χ0n) is 18.9. The van der Waals surface area contributed by atoms with Crippen molar-refractivity contribution in [2.75, 3.05) is 27.2 Å². The van der Waals surface area contributed by atoms with Crippen molar-refractivity contribution in [1.29, 1.82) is 0 Å². The van der Waals surface area contributed by atoms with Gasteiger partial charge in [-0.05, 0) is 24.5 Å². The maximum absolute atomic E-state index is 13.0. The summed E-state index contributed by atoms with van der Waals surface area (Å²) in [6.45, 7) is 3.86. The molecule has 1 amide bonds.